The van der Waals surface area contributed by atoms with Crippen LogP contribution in [0.5, 0.6) is 0 Å². The van der Waals surface area contributed by atoms with Crippen molar-refractivity contribution < 1.29 is 9.59 Å². The predicted octanol–water partition coefficient (Wildman–Crippen LogP) is 2.70. The SMILES string of the molecule is CCc1ccc(N2CC(C(=O)N(C)CCc3ccccn3)CC2=O)cc1. The van der Waals surface area contributed by atoms with Crippen LogP contribution in [0.2, 0.25) is 0 Å². The molecule has 0 saturated carbocycles. The standard InChI is InChI=1S/C21H25N3O2/c1-3-16-7-9-19(10-8-16)24-15-17(14-20(24)25)21(26)23(2)13-11-18-6-4-5-12-22-18/h4-10,12,17H,3,11,13-15H2,1-2H3. The lowest BCUT2D eigenvalue weighted by molar-refractivity contribution is -0.134. The van der Waals surface area contributed by atoms with Crippen molar-refractivity contribution in [1.82, 2.24) is 9.88 Å². The van der Waals surface area contributed by atoms with Gasteiger partial charge in [0.25, 0.3) is 0 Å². The molecular weight excluding hydrogens is 326 g/mol. The zero-order valence-electron chi connectivity index (χ0n) is 15.4. The first-order chi connectivity index (χ1) is 12.6. The fourth-order valence-electron chi connectivity index (χ4n) is 3.28. The molecule has 2 heterocycles. The zero-order chi connectivity index (χ0) is 18.5. The molecule has 1 aliphatic rings. The van der Waals surface area contributed by atoms with Crippen molar-refractivity contribution >= 4 is 17.5 Å². The number of amides is 2. The summed E-state index contributed by atoms with van der Waals surface area (Å²) in [6.07, 6.45) is 3.72. The third kappa shape index (κ3) is 4.10. The maximum atomic E-state index is 12.7. The minimum Gasteiger partial charge on any atom is -0.345 e. The molecule has 26 heavy (non-hydrogen) atoms. The fraction of sp³-hybridized carbons (Fsp3) is 0.381. The molecule has 0 N–H and O–H groups in total. The molecule has 1 aromatic carbocycles. The molecule has 1 aromatic heterocycles. The maximum absolute atomic E-state index is 12.7. The molecular formula is C21H25N3O2. The zero-order valence-corrected chi connectivity index (χ0v) is 15.4. The molecule has 2 amide bonds. The average Bonchev–Trinajstić information content (AvgIpc) is 3.08. The van der Waals surface area contributed by atoms with E-state index in [2.05, 4.69) is 11.9 Å². The van der Waals surface area contributed by atoms with Crippen LogP contribution in [0.15, 0.2) is 48.7 Å². The summed E-state index contributed by atoms with van der Waals surface area (Å²) in [5, 5.41) is 0. The third-order valence-corrected chi connectivity index (χ3v) is 4.94. The Labute approximate surface area is 154 Å². The lowest BCUT2D eigenvalue weighted by Gasteiger charge is -2.21. The number of rotatable bonds is 6. The van der Waals surface area contributed by atoms with Gasteiger partial charge in [0.1, 0.15) is 0 Å². The lowest BCUT2D eigenvalue weighted by Crippen LogP contribution is -2.36. The molecule has 0 bridgehead atoms. The number of benzene rings is 1. The number of hydrogen-bond acceptors (Lipinski definition) is 3. The second-order valence-electron chi connectivity index (χ2n) is 6.76. The van der Waals surface area contributed by atoms with Crippen molar-refractivity contribution in [3.63, 3.8) is 0 Å². The van der Waals surface area contributed by atoms with E-state index < -0.39 is 0 Å². The first kappa shape index (κ1) is 18.1. The van der Waals surface area contributed by atoms with Crippen molar-refractivity contribution in [3.8, 4) is 0 Å². The van der Waals surface area contributed by atoms with E-state index in [-0.39, 0.29) is 24.2 Å². The highest BCUT2D eigenvalue weighted by Crippen LogP contribution is 2.26. The monoisotopic (exact) mass is 351 g/mol. The number of hydrogen-bond donors (Lipinski definition) is 0. The smallest absolute Gasteiger partial charge is 0.227 e. The van der Waals surface area contributed by atoms with Gasteiger partial charge in [0, 0.05) is 50.6 Å². The molecule has 136 valence electrons. The summed E-state index contributed by atoms with van der Waals surface area (Å²) >= 11 is 0. The van der Waals surface area contributed by atoms with E-state index >= 15 is 0 Å². The minimum absolute atomic E-state index is 0.0192. The first-order valence-corrected chi connectivity index (χ1v) is 9.12. The van der Waals surface area contributed by atoms with E-state index in [1.54, 1.807) is 23.0 Å². The number of carbonyl (C=O) groups is 2. The van der Waals surface area contributed by atoms with Crippen LogP contribution in [-0.2, 0) is 22.4 Å². The van der Waals surface area contributed by atoms with Gasteiger partial charge in [-0.2, -0.15) is 0 Å². The van der Waals surface area contributed by atoms with Crippen LogP contribution in [0, 0.1) is 5.92 Å². The highest BCUT2D eigenvalue weighted by Gasteiger charge is 2.36. The highest BCUT2D eigenvalue weighted by molar-refractivity contribution is 6.00. The number of aromatic nitrogens is 1. The van der Waals surface area contributed by atoms with Crippen molar-refractivity contribution in [3.05, 3.63) is 59.9 Å². The summed E-state index contributed by atoms with van der Waals surface area (Å²) in [4.78, 5) is 32.8. The van der Waals surface area contributed by atoms with Crippen LogP contribution in [0.25, 0.3) is 0 Å². The Morgan fingerprint density at radius 1 is 1.23 bits per heavy atom. The van der Waals surface area contributed by atoms with Crippen molar-refractivity contribution in [2.24, 2.45) is 5.92 Å². The summed E-state index contributed by atoms with van der Waals surface area (Å²) < 4.78 is 0. The summed E-state index contributed by atoms with van der Waals surface area (Å²) in [7, 11) is 1.80. The van der Waals surface area contributed by atoms with E-state index in [9.17, 15) is 9.59 Å². The van der Waals surface area contributed by atoms with Crippen LogP contribution in [0.3, 0.4) is 0 Å². The Kier molecular flexibility index (Phi) is 5.66. The molecule has 1 unspecified atom stereocenters. The van der Waals surface area contributed by atoms with Crippen LogP contribution in [0.4, 0.5) is 5.69 Å². The molecule has 5 nitrogen and oxygen atoms in total. The van der Waals surface area contributed by atoms with Gasteiger partial charge >= 0.3 is 0 Å². The quantitative estimate of drug-likeness (QED) is 0.804. The summed E-state index contributed by atoms with van der Waals surface area (Å²) in [5.74, 6) is -0.227. The second kappa shape index (κ2) is 8.13. The largest absolute Gasteiger partial charge is 0.345 e. The minimum atomic E-state index is -0.276. The number of carbonyl (C=O) groups excluding carboxylic acids is 2. The van der Waals surface area contributed by atoms with Gasteiger partial charge in [-0.1, -0.05) is 25.1 Å². The van der Waals surface area contributed by atoms with Gasteiger partial charge in [0.15, 0.2) is 0 Å². The van der Waals surface area contributed by atoms with Crippen LogP contribution in [-0.4, -0.2) is 41.8 Å². The predicted molar refractivity (Wildman–Crippen MR) is 102 cm³/mol. The Bertz CT molecular complexity index is 759. The molecule has 1 fully saturated rings. The fourth-order valence-corrected chi connectivity index (χ4v) is 3.28. The summed E-state index contributed by atoms with van der Waals surface area (Å²) in [5.41, 5.74) is 3.08. The molecule has 0 aliphatic carbocycles. The number of pyridine rings is 1. The van der Waals surface area contributed by atoms with Crippen molar-refractivity contribution in [2.45, 2.75) is 26.2 Å². The second-order valence-corrected chi connectivity index (χ2v) is 6.76. The molecule has 0 radical (unpaired) electrons. The van der Waals surface area contributed by atoms with Gasteiger partial charge < -0.3 is 9.80 Å². The van der Waals surface area contributed by atoms with Gasteiger partial charge in [-0.05, 0) is 36.2 Å². The van der Waals surface area contributed by atoms with E-state index in [1.807, 2.05) is 42.5 Å². The van der Waals surface area contributed by atoms with Crippen LogP contribution >= 0.6 is 0 Å². The molecule has 5 heteroatoms. The Morgan fingerprint density at radius 2 is 2.00 bits per heavy atom. The number of anilines is 1. The first-order valence-electron chi connectivity index (χ1n) is 9.12. The molecule has 0 spiro atoms. The summed E-state index contributed by atoms with van der Waals surface area (Å²) in [6.45, 7) is 3.16. The van der Waals surface area contributed by atoms with Crippen molar-refractivity contribution in [2.75, 3.05) is 25.0 Å². The van der Waals surface area contributed by atoms with E-state index in [0.717, 1.165) is 17.8 Å². The number of nitrogens with zero attached hydrogens (tertiary/aromatic N) is 3. The van der Waals surface area contributed by atoms with Crippen LogP contribution < -0.4 is 4.90 Å². The number of likely N-dealkylation sites (N-methyl/N-ethyl adjacent to an activating group) is 1. The normalized spacial score (nSPS) is 16.8. The molecule has 1 saturated heterocycles. The highest BCUT2D eigenvalue weighted by atomic mass is 16.2. The topological polar surface area (TPSA) is 53.5 Å². The third-order valence-electron chi connectivity index (χ3n) is 4.94. The molecule has 1 aliphatic heterocycles. The van der Waals surface area contributed by atoms with E-state index in [4.69, 9.17) is 0 Å². The van der Waals surface area contributed by atoms with Gasteiger partial charge in [-0.15, -0.1) is 0 Å². The Morgan fingerprint density at radius 3 is 2.65 bits per heavy atom. The van der Waals surface area contributed by atoms with Gasteiger partial charge in [-0.3, -0.25) is 14.6 Å². The molecule has 2 aromatic rings. The maximum Gasteiger partial charge on any atom is 0.227 e. The van der Waals surface area contributed by atoms with Gasteiger partial charge in [0.05, 0.1) is 5.92 Å². The van der Waals surface area contributed by atoms with Crippen LogP contribution in [0.1, 0.15) is 24.6 Å². The van der Waals surface area contributed by atoms with Gasteiger partial charge in [-0.25, -0.2) is 0 Å². The van der Waals surface area contributed by atoms with Crippen molar-refractivity contribution in [1.29, 1.82) is 0 Å². The Hall–Kier alpha value is -2.69. The van der Waals surface area contributed by atoms with E-state index in [0.29, 0.717) is 19.5 Å². The molecule has 1 atom stereocenters. The average molecular weight is 351 g/mol. The lowest BCUT2D eigenvalue weighted by atomic mass is 10.1. The number of aryl methyl sites for hydroxylation is 1. The van der Waals surface area contributed by atoms with E-state index in [1.165, 1.54) is 5.56 Å². The Balaban J connectivity index is 1.59. The summed E-state index contributed by atoms with van der Waals surface area (Å²) in [6, 6.07) is 13.8. The van der Waals surface area contributed by atoms with Gasteiger partial charge in [0.2, 0.25) is 11.8 Å². The molecule has 3 rings (SSSR count).